The maximum atomic E-state index is 12.8. The third kappa shape index (κ3) is 48.3. The van der Waals surface area contributed by atoms with Gasteiger partial charge in [-0.3, -0.25) is 14.4 Å². The number of hydrogen-bond donors (Lipinski definition) is 0. The monoisotopic (exact) mass is 855 g/mol. The topological polar surface area (TPSA) is 78.9 Å². The van der Waals surface area contributed by atoms with E-state index >= 15 is 0 Å². The molecule has 0 radical (unpaired) electrons. The second kappa shape index (κ2) is 50.0. The van der Waals surface area contributed by atoms with Crippen LogP contribution in [0.15, 0.2) is 48.6 Å². The van der Waals surface area contributed by atoms with Gasteiger partial charge in [0.1, 0.15) is 13.2 Å². The predicted molar refractivity (Wildman–Crippen MR) is 261 cm³/mol. The average Bonchev–Trinajstić information content (AvgIpc) is 3.26. The van der Waals surface area contributed by atoms with E-state index in [0.29, 0.717) is 19.3 Å². The zero-order valence-electron chi connectivity index (χ0n) is 40.4. The molecule has 0 bridgehead atoms. The van der Waals surface area contributed by atoms with Crippen molar-refractivity contribution in [3.05, 3.63) is 48.6 Å². The molecule has 0 amide bonds. The Bertz CT molecular complexity index is 1070. The fourth-order valence-corrected chi connectivity index (χ4v) is 7.33. The summed E-state index contributed by atoms with van der Waals surface area (Å²) < 4.78 is 16.8. The normalized spacial score (nSPS) is 12.4. The van der Waals surface area contributed by atoms with Crippen LogP contribution in [0.4, 0.5) is 0 Å². The van der Waals surface area contributed by atoms with E-state index in [0.717, 1.165) is 89.9 Å². The van der Waals surface area contributed by atoms with Crippen molar-refractivity contribution in [3.8, 4) is 0 Å². The lowest BCUT2D eigenvalue weighted by Crippen LogP contribution is -2.30. The third-order valence-corrected chi connectivity index (χ3v) is 11.3. The first-order chi connectivity index (χ1) is 30.0. The quantitative estimate of drug-likeness (QED) is 0.0263. The number of carbonyl (C=O) groups excluding carboxylic acids is 3. The molecule has 0 spiro atoms. The molecule has 0 N–H and O–H groups in total. The second-order valence-corrected chi connectivity index (χ2v) is 17.4. The zero-order chi connectivity index (χ0) is 44.4. The van der Waals surface area contributed by atoms with E-state index in [-0.39, 0.29) is 31.1 Å². The maximum absolute atomic E-state index is 12.8. The highest BCUT2D eigenvalue weighted by Crippen LogP contribution is 2.15. The van der Waals surface area contributed by atoms with E-state index < -0.39 is 6.10 Å². The van der Waals surface area contributed by atoms with Crippen LogP contribution in [0.25, 0.3) is 0 Å². The van der Waals surface area contributed by atoms with Crippen molar-refractivity contribution in [1.82, 2.24) is 0 Å². The minimum Gasteiger partial charge on any atom is -0.462 e. The summed E-state index contributed by atoms with van der Waals surface area (Å²) in [5.41, 5.74) is 0. The van der Waals surface area contributed by atoms with E-state index in [1.807, 2.05) is 0 Å². The number of unbranched alkanes of at least 4 members (excludes halogenated alkanes) is 28. The van der Waals surface area contributed by atoms with Gasteiger partial charge in [-0.1, -0.05) is 211 Å². The fourth-order valence-electron chi connectivity index (χ4n) is 7.33. The smallest absolute Gasteiger partial charge is 0.306 e. The van der Waals surface area contributed by atoms with Crippen molar-refractivity contribution in [2.45, 2.75) is 271 Å². The highest BCUT2D eigenvalue weighted by Gasteiger charge is 2.19. The van der Waals surface area contributed by atoms with E-state index in [1.54, 1.807) is 0 Å². The van der Waals surface area contributed by atoms with Crippen LogP contribution in [-0.4, -0.2) is 37.2 Å². The van der Waals surface area contributed by atoms with Gasteiger partial charge in [-0.25, -0.2) is 0 Å². The molecular formula is C55H98O6. The van der Waals surface area contributed by atoms with Crippen molar-refractivity contribution in [1.29, 1.82) is 0 Å². The van der Waals surface area contributed by atoms with Gasteiger partial charge in [0.15, 0.2) is 6.10 Å². The molecule has 0 aliphatic rings. The van der Waals surface area contributed by atoms with Crippen LogP contribution < -0.4 is 0 Å². The third-order valence-electron chi connectivity index (χ3n) is 11.3. The lowest BCUT2D eigenvalue weighted by Gasteiger charge is -2.18. The SMILES string of the molecule is CCCCC/C=C\C/C=C\CCCCCCCCCC(=O)OC[C@H](COC(=O)CCCCCCC/C=C\C/C=C\CCCCC)OC(=O)CCCCCCCCCCCCC. The van der Waals surface area contributed by atoms with E-state index in [4.69, 9.17) is 14.2 Å². The molecule has 6 heteroatoms. The highest BCUT2D eigenvalue weighted by atomic mass is 16.6. The predicted octanol–water partition coefficient (Wildman–Crippen LogP) is 17.1. The van der Waals surface area contributed by atoms with E-state index in [2.05, 4.69) is 69.4 Å². The van der Waals surface area contributed by atoms with Gasteiger partial charge in [-0.05, 0) is 83.5 Å². The molecule has 0 saturated heterocycles. The van der Waals surface area contributed by atoms with Gasteiger partial charge in [-0.2, -0.15) is 0 Å². The molecule has 0 rings (SSSR count). The molecule has 0 heterocycles. The number of rotatable bonds is 47. The molecule has 354 valence electrons. The summed E-state index contributed by atoms with van der Waals surface area (Å²) in [7, 11) is 0. The average molecular weight is 855 g/mol. The summed E-state index contributed by atoms with van der Waals surface area (Å²) >= 11 is 0. The van der Waals surface area contributed by atoms with Crippen LogP contribution in [0.5, 0.6) is 0 Å². The molecule has 0 fully saturated rings. The minimum absolute atomic E-state index is 0.0799. The van der Waals surface area contributed by atoms with Crippen molar-refractivity contribution in [2.75, 3.05) is 13.2 Å². The number of carbonyl (C=O) groups is 3. The second-order valence-electron chi connectivity index (χ2n) is 17.4. The maximum Gasteiger partial charge on any atom is 0.306 e. The summed E-state index contributed by atoms with van der Waals surface area (Å²) in [6, 6.07) is 0. The first-order valence-corrected chi connectivity index (χ1v) is 26.1. The van der Waals surface area contributed by atoms with Gasteiger partial charge in [0.25, 0.3) is 0 Å². The molecular weight excluding hydrogens is 757 g/mol. The summed E-state index contributed by atoms with van der Waals surface area (Å²) in [6.45, 7) is 6.57. The van der Waals surface area contributed by atoms with Crippen LogP contribution in [0, 0.1) is 0 Å². The first-order valence-electron chi connectivity index (χ1n) is 26.1. The van der Waals surface area contributed by atoms with Crippen LogP contribution in [-0.2, 0) is 28.6 Å². The molecule has 0 aromatic rings. The molecule has 0 aliphatic carbocycles. The van der Waals surface area contributed by atoms with Crippen LogP contribution in [0.2, 0.25) is 0 Å². The molecule has 0 saturated carbocycles. The highest BCUT2D eigenvalue weighted by molar-refractivity contribution is 5.71. The van der Waals surface area contributed by atoms with Gasteiger partial charge >= 0.3 is 17.9 Å². The molecule has 0 aromatic heterocycles. The number of esters is 3. The first kappa shape index (κ1) is 58.4. The molecule has 1 atom stereocenters. The van der Waals surface area contributed by atoms with Gasteiger partial charge in [0.2, 0.25) is 0 Å². The summed E-state index contributed by atoms with van der Waals surface area (Å²) in [6.07, 6.45) is 59.4. The zero-order valence-corrected chi connectivity index (χ0v) is 40.4. The summed E-state index contributed by atoms with van der Waals surface area (Å²) in [5.74, 6) is -0.894. The lowest BCUT2D eigenvalue weighted by atomic mass is 10.1. The molecule has 61 heavy (non-hydrogen) atoms. The van der Waals surface area contributed by atoms with Crippen molar-refractivity contribution >= 4 is 17.9 Å². The van der Waals surface area contributed by atoms with Crippen LogP contribution in [0.3, 0.4) is 0 Å². The number of hydrogen-bond acceptors (Lipinski definition) is 6. The van der Waals surface area contributed by atoms with Gasteiger partial charge in [-0.15, -0.1) is 0 Å². The Labute approximate surface area is 378 Å². The van der Waals surface area contributed by atoms with Gasteiger partial charge in [0.05, 0.1) is 0 Å². The van der Waals surface area contributed by atoms with Crippen molar-refractivity contribution in [3.63, 3.8) is 0 Å². The summed E-state index contributed by atoms with van der Waals surface area (Å²) in [4.78, 5) is 37.9. The Balaban J connectivity index is 4.36. The Morgan fingerprint density at radius 1 is 0.328 bits per heavy atom. The van der Waals surface area contributed by atoms with Gasteiger partial charge < -0.3 is 14.2 Å². The van der Waals surface area contributed by atoms with Crippen LogP contribution in [0.1, 0.15) is 265 Å². The Morgan fingerprint density at radius 2 is 0.590 bits per heavy atom. The van der Waals surface area contributed by atoms with Crippen LogP contribution >= 0.6 is 0 Å². The molecule has 6 nitrogen and oxygen atoms in total. The van der Waals surface area contributed by atoms with Gasteiger partial charge in [0, 0.05) is 19.3 Å². The van der Waals surface area contributed by atoms with Crippen molar-refractivity contribution < 1.29 is 28.6 Å². The molecule has 0 aliphatic heterocycles. The summed E-state index contributed by atoms with van der Waals surface area (Å²) in [5, 5.41) is 0. The number of allylic oxidation sites excluding steroid dienone is 8. The van der Waals surface area contributed by atoms with E-state index in [9.17, 15) is 14.4 Å². The Kier molecular flexibility index (Phi) is 47.9. The largest absolute Gasteiger partial charge is 0.462 e. The van der Waals surface area contributed by atoms with Crippen molar-refractivity contribution in [2.24, 2.45) is 0 Å². The number of ether oxygens (including phenoxy) is 3. The minimum atomic E-state index is -0.778. The fraction of sp³-hybridized carbons (Fsp3) is 0.800. The lowest BCUT2D eigenvalue weighted by molar-refractivity contribution is -0.167. The Hall–Kier alpha value is -2.63. The standard InChI is InChI=1S/C55H98O6/c1-4-7-10-13-16-19-22-24-26-27-29-31-34-36-39-42-45-48-54(57)60-51-52(61-55(58)49-46-43-40-37-32-21-18-15-12-9-6-3)50-59-53(56)47-44-41-38-35-33-30-28-25-23-20-17-14-11-8-5-2/h16-17,19-20,24-26,28,52H,4-15,18,21-23,27,29-51H2,1-3H3/b19-16-,20-17-,26-24-,28-25-/t52-/m0/s1. The Morgan fingerprint density at radius 3 is 0.934 bits per heavy atom. The van der Waals surface area contributed by atoms with E-state index in [1.165, 1.54) is 135 Å². The molecule has 0 unspecified atom stereocenters. The molecule has 0 aromatic carbocycles.